The lowest BCUT2D eigenvalue weighted by molar-refractivity contribution is 0.0507. The molecule has 0 bridgehead atoms. The molecule has 0 aliphatic heterocycles. The number of methoxy groups -OCH3 is 1. The van der Waals surface area contributed by atoms with E-state index >= 15 is 0 Å². The van der Waals surface area contributed by atoms with E-state index in [4.69, 9.17) is 14.2 Å². The van der Waals surface area contributed by atoms with Crippen molar-refractivity contribution in [3.8, 4) is 5.75 Å². The average molecular weight is 549 g/mol. The number of hydrogen-bond donors (Lipinski definition) is 1. The summed E-state index contributed by atoms with van der Waals surface area (Å²) in [6.07, 6.45) is 1.23. The molecule has 0 aliphatic rings. The van der Waals surface area contributed by atoms with E-state index in [0.717, 1.165) is 20.0 Å². The third-order valence-corrected chi connectivity index (χ3v) is 7.38. The number of carbonyl (C=O) groups is 2. The summed E-state index contributed by atoms with van der Waals surface area (Å²) in [5.74, 6) is 0.710. The van der Waals surface area contributed by atoms with Crippen LogP contribution in [0.25, 0.3) is 10.2 Å². The quantitative estimate of drug-likeness (QED) is 0.361. The number of ether oxygens (including phenoxy) is 3. The van der Waals surface area contributed by atoms with Crippen LogP contribution in [-0.2, 0) is 22.4 Å². The molecule has 0 radical (unpaired) electrons. The van der Waals surface area contributed by atoms with Crippen LogP contribution in [0.4, 0.5) is 15.3 Å². The van der Waals surface area contributed by atoms with Crippen molar-refractivity contribution in [3.63, 3.8) is 0 Å². The fraction of sp³-hybridized carbons (Fsp3) is 0.538. The Morgan fingerprint density at radius 3 is 2.41 bits per heavy atom. The first kappa shape index (κ1) is 28.6. The number of aromatic nitrogens is 2. The Morgan fingerprint density at radius 2 is 1.78 bits per heavy atom. The van der Waals surface area contributed by atoms with Crippen molar-refractivity contribution < 1.29 is 23.8 Å². The smallest absolute Gasteiger partial charge is 0.415 e. The van der Waals surface area contributed by atoms with E-state index < -0.39 is 23.4 Å². The zero-order valence-electron chi connectivity index (χ0n) is 22.9. The highest BCUT2D eigenvalue weighted by molar-refractivity contribution is 7.19. The van der Waals surface area contributed by atoms with Gasteiger partial charge in [-0.2, -0.15) is 5.10 Å². The van der Waals surface area contributed by atoms with Gasteiger partial charge in [-0.3, -0.25) is 4.90 Å². The van der Waals surface area contributed by atoms with E-state index in [1.165, 1.54) is 22.7 Å². The summed E-state index contributed by atoms with van der Waals surface area (Å²) in [5, 5.41) is 13.4. The predicted molar refractivity (Wildman–Crippen MR) is 148 cm³/mol. The number of nitrogens with one attached hydrogen (secondary N) is 1. The molecule has 0 aliphatic carbocycles. The molecule has 1 N–H and O–H groups in total. The van der Waals surface area contributed by atoms with E-state index in [0.29, 0.717) is 23.4 Å². The standard InChI is InChI=1S/C26H36N4O5S2/c1-15(28-23(31)34-25(3,4)5)12-19-16(2)21-22(37-19)17(13-27-29-21)30(24(32)35-26(6,7)8)14-20-18(33-9)10-11-36-20/h10-11,13,15H,12,14H2,1-9H3,(H,28,31)/t15-/m0/s1. The fourth-order valence-corrected chi connectivity index (χ4v) is 5.82. The molecule has 0 saturated carbocycles. The summed E-state index contributed by atoms with van der Waals surface area (Å²) in [7, 11) is 1.61. The van der Waals surface area contributed by atoms with Crippen LogP contribution in [0, 0.1) is 6.92 Å². The molecule has 3 aromatic rings. The molecular weight excluding hydrogens is 512 g/mol. The summed E-state index contributed by atoms with van der Waals surface area (Å²) >= 11 is 3.04. The first-order chi connectivity index (χ1) is 17.2. The summed E-state index contributed by atoms with van der Waals surface area (Å²) in [4.78, 5) is 29.1. The van der Waals surface area contributed by atoms with Gasteiger partial charge in [-0.1, -0.05) is 0 Å². The molecule has 0 saturated heterocycles. The molecule has 0 unspecified atom stereocenters. The van der Waals surface area contributed by atoms with Gasteiger partial charge in [0.05, 0.1) is 35.1 Å². The highest BCUT2D eigenvalue weighted by atomic mass is 32.1. The molecule has 37 heavy (non-hydrogen) atoms. The summed E-state index contributed by atoms with van der Waals surface area (Å²) in [5.41, 5.74) is 1.05. The van der Waals surface area contributed by atoms with Crippen LogP contribution in [0.5, 0.6) is 5.75 Å². The Labute approximate surface area is 226 Å². The van der Waals surface area contributed by atoms with E-state index in [-0.39, 0.29) is 12.6 Å². The van der Waals surface area contributed by atoms with Crippen molar-refractivity contribution in [2.24, 2.45) is 0 Å². The van der Waals surface area contributed by atoms with Crippen LogP contribution in [0.1, 0.15) is 63.8 Å². The zero-order valence-corrected chi connectivity index (χ0v) is 24.6. The first-order valence-corrected chi connectivity index (χ1v) is 13.7. The number of nitrogens with zero attached hydrogens (tertiary/aromatic N) is 3. The number of rotatable bonds is 7. The van der Waals surface area contributed by atoms with Crippen molar-refractivity contribution in [1.29, 1.82) is 0 Å². The van der Waals surface area contributed by atoms with Gasteiger partial charge in [-0.15, -0.1) is 27.8 Å². The first-order valence-electron chi connectivity index (χ1n) is 12.0. The minimum atomic E-state index is -0.673. The lowest BCUT2D eigenvalue weighted by atomic mass is 10.1. The Bertz CT molecular complexity index is 1260. The number of carbonyl (C=O) groups excluding carboxylic acids is 2. The summed E-state index contributed by atoms with van der Waals surface area (Å²) in [6, 6.07) is 1.70. The summed E-state index contributed by atoms with van der Waals surface area (Å²) in [6.45, 7) is 15.2. The predicted octanol–water partition coefficient (Wildman–Crippen LogP) is 6.47. The van der Waals surface area contributed by atoms with E-state index in [2.05, 4.69) is 15.5 Å². The van der Waals surface area contributed by atoms with E-state index in [9.17, 15) is 9.59 Å². The minimum absolute atomic E-state index is 0.171. The Morgan fingerprint density at radius 1 is 1.11 bits per heavy atom. The lowest BCUT2D eigenvalue weighted by Gasteiger charge is -2.27. The lowest BCUT2D eigenvalue weighted by Crippen LogP contribution is -2.38. The number of amides is 2. The minimum Gasteiger partial charge on any atom is -0.496 e. The maximum absolute atomic E-state index is 13.4. The van der Waals surface area contributed by atoms with Gasteiger partial charge in [0, 0.05) is 17.3 Å². The molecule has 3 rings (SSSR count). The Hall–Kier alpha value is -2.92. The maximum atomic E-state index is 13.4. The van der Waals surface area contributed by atoms with Crippen molar-refractivity contribution in [2.45, 2.75) is 85.6 Å². The molecule has 2 amide bonds. The monoisotopic (exact) mass is 548 g/mol. The van der Waals surface area contributed by atoms with Gasteiger partial charge in [0.2, 0.25) is 0 Å². The third-order valence-electron chi connectivity index (χ3n) is 5.17. The molecule has 3 aromatic heterocycles. The van der Waals surface area contributed by atoms with Gasteiger partial charge in [0.1, 0.15) is 22.5 Å². The van der Waals surface area contributed by atoms with Gasteiger partial charge < -0.3 is 19.5 Å². The normalized spacial score (nSPS) is 12.8. The van der Waals surface area contributed by atoms with Crippen molar-refractivity contribution in [3.05, 3.63) is 33.0 Å². The second kappa shape index (κ2) is 11.2. The van der Waals surface area contributed by atoms with Crippen LogP contribution < -0.4 is 15.0 Å². The summed E-state index contributed by atoms with van der Waals surface area (Å²) < 4.78 is 17.4. The number of aryl methyl sites for hydroxylation is 1. The SMILES string of the molecule is COc1ccsc1CN(C(=O)OC(C)(C)C)c1cnnc2c(C)c(C[C@H](C)NC(=O)OC(C)(C)C)sc12. The molecule has 1 atom stereocenters. The van der Waals surface area contributed by atoms with Crippen molar-refractivity contribution in [2.75, 3.05) is 12.0 Å². The Balaban J connectivity index is 1.96. The number of hydrogen-bond acceptors (Lipinski definition) is 9. The number of anilines is 1. The molecule has 0 aromatic carbocycles. The Kier molecular flexibility index (Phi) is 8.69. The van der Waals surface area contributed by atoms with Crippen molar-refractivity contribution in [1.82, 2.24) is 15.5 Å². The van der Waals surface area contributed by atoms with Gasteiger partial charge in [0.15, 0.2) is 0 Å². The second-order valence-corrected chi connectivity index (χ2v) is 12.9. The van der Waals surface area contributed by atoms with Gasteiger partial charge in [-0.25, -0.2) is 9.59 Å². The van der Waals surface area contributed by atoms with Crippen LogP contribution in [0.15, 0.2) is 17.6 Å². The molecule has 9 nitrogen and oxygen atoms in total. The van der Waals surface area contributed by atoms with Crippen LogP contribution in [0.2, 0.25) is 0 Å². The largest absolute Gasteiger partial charge is 0.496 e. The second-order valence-electron chi connectivity index (χ2n) is 10.8. The van der Waals surface area contributed by atoms with E-state index in [1.54, 1.807) is 18.2 Å². The van der Waals surface area contributed by atoms with Gasteiger partial charge >= 0.3 is 12.2 Å². The molecule has 0 fully saturated rings. The topological polar surface area (TPSA) is 103 Å². The maximum Gasteiger partial charge on any atom is 0.415 e. The molecule has 202 valence electrons. The van der Waals surface area contributed by atoms with Crippen molar-refractivity contribution >= 4 is 50.8 Å². The van der Waals surface area contributed by atoms with Gasteiger partial charge in [0.25, 0.3) is 0 Å². The number of thiophene rings is 2. The number of alkyl carbamates (subject to hydrolysis) is 1. The fourth-order valence-electron chi connectivity index (χ4n) is 3.60. The van der Waals surface area contributed by atoms with Crippen LogP contribution >= 0.6 is 22.7 Å². The molecule has 0 spiro atoms. The van der Waals surface area contributed by atoms with Crippen LogP contribution in [-0.4, -0.2) is 46.7 Å². The highest BCUT2D eigenvalue weighted by Gasteiger charge is 2.28. The number of fused-ring (bicyclic) bond motifs is 1. The third kappa shape index (κ3) is 7.54. The van der Waals surface area contributed by atoms with Crippen LogP contribution in [0.3, 0.4) is 0 Å². The average Bonchev–Trinajstić information content (AvgIpc) is 3.33. The molecule has 11 heteroatoms. The molecular formula is C26H36N4O5S2. The zero-order chi connectivity index (χ0) is 27.5. The molecule has 3 heterocycles. The van der Waals surface area contributed by atoms with Gasteiger partial charge in [-0.05, 0) is 72.4 Å². The highest BCUT2D eigenvalue weighted by Crippen LogP contribution is 2.38. The van der Waals surface area contributed by atoms with E-state index in [1.807, 2.05) is 66.8 Å².